The van der Waals surface area contributed by atoms with Gasteiger partial charge < -0.3 is 5.32 Å². The van der Waals surface area contributed by atoms with Gasteiger partial charge in [0.05, 0.1) is 5.88 Å². The van der Waals surface area contributed by atoms with E-state index in [9.17, 15) is 4.79 Å². The van der Waals surface area contributed by atoms with E-state index in [1.54, 1.807) is 10.8 Å². The predicted molar refractivity (Wildman–Crippen MR) is 75.1 cm³/mol. The minimum atomic E-state index is -0.375. The van der Waals surface area contributed by atoms with Crippen LogP contribution in [0.4, 0.5) is 0 Å². The summed E-state index contributed by atoms with van der Waals surface area (Å²) in [5.74, 6) is 0.870. The summed E-state index contributed by atoms with van der Waals surface area (Å²) in [4.78, 5) is 20.8. The highest BCUT2D eigenvalue weighted by Crippen LogP contribution is 2.20. The fraction of sp³-hybridized carbons (Fsp3) is 0.462. The number of carbonyl (C=O) groups is 1. The SMILES string of the molecule is CCCNC(=O)C(C)n1c(CCl)nc2cccnc21. The van der Waals surface area contributed by atoms with Crippen molar-refractivity contribution in [2.45, 2.75) is 32.2 Å². The summed E-state index contributed by atoms with van der Waals surface area (Å²) in [6.07, 6.45) is 2.60. The molecule has 0 aromatic carbocycles. The van der Waals surface area contributed by atoms with E-state index < -0.39 is 0 Å². The second kappa shape index (κ2) is 6.02. The Labute approximate surface area is 117 Å². The first-order valence-electron chi connectivity index (χ1n) is 6.34. The van der Waals surface area contributed by atoms with Gasteiger partial charge in [0.1, 0.15) is 17.4 Å². The summed E-state index contributed by atoms with van der Waals surface area (Å²) in [6, 6.07) is 3.31. The lowest BCUT2D eigenvalue weighted by Crippen LogP contribution is -2.32. The molecule has 0 aliphatic heterocycles. The van der Waals surface area contributed by atoms with Gasteiger partial charge in [-0.25, -0.2) is 9.97 Å². The number of imidazole rings is 1. The van der Waals surface area contributed by atoms with Crippen molar-refractivity contribution in [1.82, 2.24) is 19.9 Å². The lowest BCUT2D eigenvalue weighted by Gasteiger charge is -2.15. The van der Waals surface area contributed by atoms with E-state index >= 15 is 0 Å². The van der Waals surface area contributed by atoms with Crippen molar-refractivity contribution in [3.8, 4) is 0 Å². The van der Waals surface area contributed by atoms with Gasteiger partial charge in [-0.15, -0.1) is 11.6 Å². The fourth-order valence-corrected chi connectivity index (χ4v) is 2.18. The number of carbonyl (C=O) groups excluding carboxylic acids is 1. The molecule has 2 aromatic rings. The van der Waals surface area contributed by atoms with Gasteiger partial charge in [0, 0.05) is 12.7 Å². The molecule has 1 atom stereocenters. The zero-order chi connectivity index (χ0) is 13.8. The quantitative estimate of drug-likeness (QED) is 0.855. The monoisotopic (exact) mass is 280 g/mol. The summed E-state index contributed by atoms with van der Waals surface area (Å²) >= 11 is 5.91. The standard InChI is InChI=1S/C13H17ClN4O/c1-3-6-16-13(19)9(2)18-11(8-14)17-10-5-4-7-15-12(10)18/h4-5,7,9H,3,6,8H2,1-2H3,(H,16,19). The molecular weight excluding hydrogens is 264 g/mol. The van der Waals surface area contributed by atoms with Crippen molar-refractivity contribution in [1.29, 1.82) is 0 Å². The van der Waals surface area contributed by atoms with Crippen molar-refractivity contribution in [3.63, 3.8) is 0 Å². The highest BCUT2D eigenvalue weighted by Gasteiger charge is 2.21. The molecule has 1 unspecified atom stereocenters. The fourth-order valence-electron chi connectivity index (χ4n) is 1.99. The van der Waals surface area contributed by atoms with Crippen LogP contribution in [0.15, 0.2) is 18.3 Å². The Morgan fingerprint density at radius 1 is 1.58 bits per heavy atom. The third-order valence-electron chi connectivity index (χ3n) is 2.96. The van der Waals surface area contributed by atoms with Gasteiger partial charge in [-0.05, 0) is 25.5 Å². The van der Waals surface area contributed by atoms with E-state index in [1.807, 2.05) is 26.0 Å². The molecule has 1 N–H and O–H groups in total. The molecule has 0 aliphatic rings. The van der Waals surface area contributed by atoms with E-state index in [4.69, 9.17) is 11.6 Å². The Morgan fingerprint density at radius 2 is 2.37 bits per heavy atom. The Morgan fingerprint density at radius 3 is 3.05 bits per heavy atom. The van der Waals surface area contributed by atoms with Gasteiger partial charge >= 0.3 is 0 Å². The van der Waals surface area contributed by atoms with Crippen LogP contribution in [0.25, 0.3) is 11.2 Å². The summed E-state index contributed by atoms with van der Waals surface area (Å²) in [5, 5.41) is 2.88. The summed E-state index contributed by atoms with van der Waals surface area (Å²) in [6.45, 7) is 4.51. The number of fused-ring (bicyclic) bond motifs is 1. The zero-order valence-corrected chi connectivity index (χ0v) is 11.8. The molecule has 0 fully saturated rings. The predicted octanol–water partition coefficient (Wildman–Crippen LogP) is 2.26. The lowest BCUT2D eigenvalue weighted by atomic mass is 10.3. The van der Waals surface area contributed by atoms with Crippen LogP contribution in [-0.2, 0) is 10.7 Å². The molecule has 0 aliphatic carbocycles. The summed E-state index contributed by atoms with van der Waals surface area (Å²) < 4.78 is 1.80. The maximum absolute atomic E-state index is 12.1. The number of halogens is 1. The van der Waals surface area contributed by atoms with E-state index in [0.29, 0.717) is 18.0 Å². The van der Waals surface area contributed by atoms with Crippen LogP contribution >= 0.6 is 11.6 Å². The van der Waals surface area contributed by atoms with Gasteiger partial charge in [0.2, 0.25) is 5.91 Å². The second-order valence-corrected chi connectivity index (χ2v) is 4.61. The highest BCUT2D eigenvalue weighted by molar-refractivity contribution is 6.16. The van der Waals surface area contributed by atoms with Crippen LogP contribution < -0.4 is 5.32 Å². The smallest absolute Gasteiger partial charge is 0.242 e. The van der Waals surface area contributed by atoms with Crippen LogP contribution in [0.3, 0.4) is 0 Å². The molecule has 2 heterocycles. The second-order valence-electron chi connectivity index (χ2n) is 4.34. The van der Waals surface area contributed by atoms with Crippen LogP contribution in [-0.4, -0.2) is 27.0 Å². The number of hydrogen-bond donors (Lipinski definition) is 1. The Balaban J connectivity index is 2.39. The number of nitrogens with zero attached hydrogens (tertiary/aromatic N) is 3. The number of rotatable bonds is 5. The molecule has 102 valence electrons. The maximum atomic E-state index is 12.1. The number of amides is 1. The van der Waals surface area contributed by atoms with Crippen molar-refractivity contribution in [2.75, 3.05) is 6.54 Å². The molecule has 0 saturated heterocycles. The summed E-state index contributed by atoms with van der Waals surface area (Å²) in [5.41, 5.74) is 1.45. The Bertz CT molecular complexity index is 581. The zero-order valence-electron chi connectivity index (χ0n) is 11.1. The number of hydrogen-bond acceptors (Lipinski definition) is 3. The molecule has 1 amide bonds. The van der Waals surface area contributed by atoms with Crippen molar-refractivity contribution in [3.05, 3.63) is 24.2 Å². The first kappa shape index (κ1) is 13.8. The number of aromatic nitrogens is 3. The van der Waals surface area contributed by atoms with Crippen LogP contribution in [0.1, 0.15) is 32.1 Å². The number of nitrogens with one attached hydrogen (secondary N) is 1. The van der Waals surface area contributed by atoms with E-state index in [2.05, 4.69) is 15.3 Å². The Kier molecular flexibility index (Phi) is 4.37. The first-order valence-corrected chi connectivity index (χ1v) is 6.88. The van der Waals surface area contributed by atoms with Crippen LogP contribution in [0.5, 0.6) is 0 Å². The Hall–Kier alpha value is -1.62. The van der Waals surface area contributed by atoms with Gasteiger partial charge in [-0.3, -0.25) is 9.36 Å². The van der Waals surface area contributed by atoms with E-state index in [1.165, 1.54) is 0 Å². The van der Waals surface area contributed by atoms with E-state index in [0.717, 1.165) is 11.9 Å². The summed E-state index contributed by atoms with van der Waals surface area (Å²) in [7, 11) is 0. The van der Waals surface area contributed by atoms with Crippen molar-refractivity contribution >= 4 is 28.7 Å². The van der Waals surface area contributed by atoms with Crippen molar-refractivity contribution in [2.24, 2.45) is 0 Å². The molecule has 0 radical (unpaired) electrons. The van der Waals surface area contributed by atoms with Crippen LogP contribution in [0, 0.1) is 0 Å². The van der Waals surface area contributed by atoms with Gasteiger partial charge in [0.15, 0.2) is 5.65 Å². The molecule has 0 saturated carbocycles. The molecule has 19 heavy (non-hydrogen) atoms. The molecule has 5 nitrogen and oxygen atoms in total. The first-order chi connectivity index (χ1) is 9.19. The van der Waals surface area contributed by atoms with Gasteiger partial charge in [-0.2, -0.15) is 0 Å². The molecular formula is C13H17ClN4O. The molecule has 0 spiro atoms. The molecule has 0 bridgehead atoms. The number of pyridine rings is 1. The lowest BCUT2D eigenvalue weighted by molar-refractivity contribution is -0.123. The molecule has 2 aromatic heterocycles. The minimum absolute atomic E-state index is 0.0434. The molecule has 2 rings (SSSR count). The maximum Gasteiger partial charge on any atom is 0.242 e. The number of alkyl halides is 1. The normalized spacial score (nSPS) is 12.6. The minimum Gasteiger partial charge on any atom is -0.354 e. The average molecular weight is 281 g/mol. The largest absolute Gasteiger partial charge is 0.354 e. The third kappa shape index (κ3) is 2.71. The topological polar surface area (TPSA) is 59.8 Å². The van der Waals surface area contributed by atoms with Gasteiger partial charge in [0.25, 0.3) is 0 Å². The van der Waals surface area contributed by atoms with Crippen LogP contribution in [0.2, 0.25) is 0 Å². The van der Waals surface area contributed by atoms with E-state index in [-0.39, 0.29) is 17.8 Å². The molecule has 6 heteroatoms. The van der Waals surface area contributed by atoms with Gasteiger partial charge in [-0.1, -0.05) is 6.92 Å². The van der Waals surface area contributed by atoms with Crippen molar-refractivity contribution < 1.29 is 4.79 Å². The highest BCUT2D eigenvalue weighted by atomic mass is 35.5. The average Bonchev–Trinajstić information content (AvgIpc) is 2.82. The third-order valence-corrected chi connectivity index (χ3v) is 3.20.